The summed E-state index contributed by atoms with van der Waals surface area (Å²) in [5.41, 5.74) is 2.08. The van der Waals surface area contributed by atoms with E-state index in [1.807, 2.05) is 0 Å². The molecule has 3 rings (SSSR count). The molecule has 2 aromatic carbocycles. The summed E-state index contributed by atoms with van der Waals surface area (Å²) in [6.45, 7) is 4.88. The van der Waals surface area contributed by atoms with Gasteiger partial charge in [-0.3, -0.25) is 14.9 Å². The maximum absolute atomic E-state index is 12.2. The second kappa shape index (κ2) is 7.84. The summed E-state index contributed by atoms with van der Waals surface area (Å²) in [6, 6.07) is 7.50. The lowest BCUT2D eigenvalue weighted by Crippen LogP contribution is -2.06. The second-order valence-electron chi connectivity index (χ2n) is 6.34. The molecule has 0 bridgehead atoms. The molecule has 0 aliphatic carbocycles. The summed E-state index contributed by atoms with van der Waals surface area (Å²) < 4.78 is 10.3. The molecule has 29 heavy (non-hydrogen) atoms. The van der Waals surface area contributed by atoms with Gasteiger partial charge in [0.25, 0.3) is 5.69 Å². The zero-order chi connectivity index (χ0) is 21.3. The standard InChI is InChI=1S/C20H15ClN2O6/c1-10-6-13(7-11(2)18(10)28-12(3)24)8-16-20(25)29-19(22-16)14-4-5-15(21)17(9-14)23(26)27/h4-9H,1-3H3/b16-8-. The number of aliphatic imine (C=N–C) groups is 1. The number of hydrogen-bond donors (Lipinski definition) is 0. The van der Waals surface area contributed by atoms with E-state index in [1.165, 1.54) is 31.2 Å². The molecule has 0 amide bonds. The van der Waals surface area contributed by atoms with Gasteiger partial charge in [0.1, 0.15) is 10.8 Å². The minimum Gasteiger partial charge on any atom is -0.426 e. The molecule has 1 aliphatic heterocycles. The van der Waals surface area contributed by atoms with Crippen LogP contribution in [0.15, 0.2) is 41.0 Å². The second-order valence-corrected chi connectivity index (χ2v) is 6.74. The van der Waals surface area contributed by atoms with Crippen molar-refractivity contribution < 1.29 is 24.0 Å². The summed E-state index contributed by atoms with van der Waals surface area (Å²) >= 11 is 5.80. The van der Waals surface area contributed by atoms with Crippen LogP contribution in [0.1, 0.15) is 29.2 Å². The van der Waals surface area contributed by atoms with Crippen molar-refractivity contribution in [3.8, 4) is 5.75 Å². The van der Waals surface area contributed by atoms with Crippen LogP contribution in [-0.2, 0) is 14.3 Å². The number of halogens is 1. The maximum atomic E-state index is 12.2. The lowest BCUT2D eigenvalue weighted by Gasteiger charge is -2.10. The number of hydrogen-bond acceptors (Lipinski definition) is 7. The first-order valence-corrected chi connectivity index (χ1v) is 8.80. The summed E-state index contributed by atoms with van der Waals surface area (Å²) in [5, 5.41) is 11.0. The lowest BCUT2D eigenvalue weighted by molar-refractivity contribution is -0.384. The summed E-state index contributed by atoms with van der Waals surface area (Å²) in [4.78, 5) is 38.0. The van der Waals surface area contributed by atoms with Crippen molar-refractivity contribution in [1.82, 2.24) is 0 Å². The number of nitro groups is 1. The number of rotatable bonds is 4. The molecule has 1 heterocycles. The van der Waals surface area contributed by atoms with Crippen molar-refractivity contribution in [2.45, 2.75) is 20.8 Å². The minimum absolute atomic E-state index is 0.0294. The first-order chi connectivity index (χ1) is 13.7. The molecule has 0 spiro atoms. The van der Waals surface area contributed by atoms with Gasteiger partial charge >= 0.3 is 11.9 Å². The molecule has 0 saturated heterocycles. The fraction of sp³-hybridized carbons (Fsp3) is 0.150. The van der Waals surface area contributed by atoms with Gasteiger partial charge in [0.05, 0.1) is 4.92 Å². The molecule has 0 unspecified atom stereocenters. The number of nitrogens with zero attached hydrogens (tertiary/aromatic N) is 2. The Morgan fingerprint density at radius 2 is 1.90 bits per heavy atom. The van der Waals surface area contributed by atoms with Crippen molar-refractivity contribution >= 4 is 41.2 Å². The van der Waals surface area contributed by atoms with Crippen LogP contribution in [0.5, 0.6) is 5.75 Å². The molecule has 148 valence electrons. The van der Waals surface area contributed by atoms with E-state index < -0.39 is 16.9 Å². The Kier molecular flexibility index (Phi) is 5.47. The van der Waals surface area contributed by atoms with Gasteiger partial charge in [0, 0.05) is 18.6 Å². The Morgan fingerprint density at radius 3 is 2.48 bits per heavy atom. The number of cyclic esters (lactones) is 1. The van der Waals surface area contributed by atoms with Gasteiger partial charge in [-0.2, -0.15) is 0 Å². The summed E-state index contributed by atoms with van der Waals surface area (Å²) in [5.74, 6) is -0.692. The monoisotopic (exact) mass is 414 g/mol. The third-order valence-electron chi connectivity index (χ3n) is 4.04. The molecule has 0 radical (unpaired) electrons. The van der Waals surface area contributed by atoms with Crippen LogP contribution < -0.4 is 4.74 Å². The Hall–Kier alpha value is -3.52. The number of carbonyl (C=O) groups excluding carboxylic acids is 2. The average Bonchev–Trinajstić information content (AvgIpc) is 2.98. The van der Waals surface area contributed by atoms with Crippen molar-refractivity contribution in [1.29, 1.82) is 0 Å². The zero-order valence-electron chi connectivity index (χ0n) is 15.7. The van der Waals surface area contributed by atoms with E-state index in [-0.39, 0.29) is 27.9 Å². The van der Waals surface area contributed by atoms with Crippen molar-refractivity contribution in [3.63, 3.8) is 0 Å². The van der Waals surface area contributed by atoms with Crippen LogP contribution in [-0.4, -0.2) is 22.8 Å². The fourth-order valence-electron chi connectivity index (χ4n) is 2.85. The van der Waals surface area contributed by atoms with E-state index in [4.69, 9.17) is 21.1 Å². The van der Waals surface area contributed by atoms with Crippen LogP contribution >= 0.6 is 11.6 Å². The predicted molar refractivity (Wildman–Crippen MR) is 106 cm³/mol. The van der Waals surface area contributed by atoms with Gasteiger partial charge < -0.3 is 9.47 Å². The Labute approximate surface area is 170 Å². The van der Waals surface area contributed by atoms with Crippen LogP contribution in [0, 0.1) is 24.0 Å². The molecule has 9 heteroatoms. The first kappa shape index (κ1) is 20.2. The van der Waals surface area contributed by atoms with Gasteiger partial charge in [0.2, 0.25) is 5.90 Å². The molecule has 1 aliphatic rings. The van der Waals surface area contributed by atoms with E-state index >= 15 is 0 Å². The van der Waals surface area contributed by atoms with Gasteiger partial charge in [-0.1, -0.05) is 11.6 Å². The number of benzene rings is 2. The maximum Gasteiger partial charge on any atom is 0.363 e. The molecule has 8 nitrogen and oxygen atoms in total. The number of esters is 2. The average molecular weight is 415 g/mol. The lowest BCUT2D eigenvalue weighted by atomic mass is 10.0. The molecular weight excluding hydrogens is 400 g/mol. The largest absolute Gasteiger partial charge is 0.426 e. The first-order valence-electron chi connectivity index (χ1n) is 8.42. The zero-order valence-corrected chi connectivity index (χ0v) is 16.4. The summed E-state index contributed by atoms with van der Waals surface area (Å²) in [7, 11) is 0. The van der Waals surface area contributed by atoms with Crippen LogP contribution in [0.25, 0.3) is 6.08 Å². The highest BCUT2D eigenvalue weighted by atomic mass is 35.5. The third kappa shape index (κ3) is 4.33. The third-order valence-corrected chi connectivity index (χ3v) is 4.36. The number of carbonyl (C=O) groups is 2. The number of ether oxygens (including phenoxy) is 2. The van der Waals surface area contributed by atoms with Gasteiger partial charge in [-0.05, 0) is 60.9 Å². The summed E-state index contributed by atoms with van der Waals surface area (Å²) in [6.07, 6.45) is 1.53. The van der Waals surface area contributed by atoms with Crippen molar-refractivity contribution in [2.75, 3.05) is 0 Å². The van der Waals surface area contributed by atoms with Crippen LogP contribution in [0.4, 0.5) is 5.69 Å². The molecular formula is C20H15ClN2O6. The topological polar surface area (TPSA) is 108 Å². The Balaban J connectivity index is 1.96. The highest BCUT2D eigenvalue weighted by Gasteiger charge is 2.26. The van der Waals surface area contributed by atoms with E-state index in [2.05, 4.69) is 4.99 Å². The molecule has 2 aromatic rings. The van der Waals surface area contributed by atoms with E-state index in [9.17, 15) is 19.7 Å². The van der Waals surface area contributed by atoms with E-state index in [0.29, 0.717) is 11.3 Å². The van der Waals surface area contributed by atoms with Crippen molar-refractivity contribution in [2.24, 2.45) is 4.99 Å². The fourth-order valence-corrected chi connectivity index (χ4v) is 3.03. The minimum atomic E-state index is -0.683. The normalized spacial score (nSPS) is 14.6. The van der Waals surface area contributed by atoms with Crippen molar-refractivity contribution in [3.05, 3.63) is 73.4 Å². The van der Waals surface area contributed by atoms with Crippen LogP contribution in [0.3, 0.4) is 0 Å². The van der Waals surface area contributed by atoms with Crippen LogP contribution in [0.2, 0.25) is 5.02 Å². The Bertz CT molecular complexity index is 1100. The highest BCUT2D eigenvalue weighted by Crippen LogP contribution is 2.29. The highest BCUT2D eigenvalue weighted by molar-refractivity contribution is 6.32. The van der Waals surface area contributed by atoms with Gasteiger partial charge in [0.15, 0.2) is 5.70 Å². The van der Waals surface area contributed by atoms with Gasteiger partial charge in [-0.15, -0.1) is 0 Å². The molecule has 0 fully saturated rings. The SMILES string of the molecule is CC(=O)Oc1c(C)cc(/C=C2\N=C(c3ccc(Cl)c([N+](=O)[O-])c3)OC2=O)cc1C. The van der Waals surface area contributed by atoms with E-state index in [1.54, 1.807) is 26.0 Å². The quantitative estimate of drug-likeness (QED) is 0.244. The molecule has 0 saturated carbocycles. The molecule has 0 atom stereocenters. The Morgan fingerprint density at radius 1 is 1.24 bits per heavy atom. The van der Waals surface area contributed by atoms with Gasteiger partial charge in [-0.25, -0.2) is 9.79 Å². The number of aryl methyl sites for hydroxylation is 2. The number of nitro benzene ring substituents is 1. The smallest absolute Gasteiger partial charge is 0.363 e. The predicted octanol–water partition coefficient (Wildman–Crippen LogP) is 4.13. The van der Waals surface area contributed by atoms with E-state index in [0.717, 1.165) is 11.1 Å². The molecule has 0 N–H and O–H groups in total. The molecule has 0 aromatic heterocycles.